The minimum absolute atomic E-state index is 0.0443. The molecule has 0 aliphatic rings. The molecule has 0 spiro atoms. The number of nitrogens with one attached hydrogen (secondary N) is 1. The smallest absolute Gasteiger partial charge is 0.343 e. The summed E-state index contributed by atoms with van der Waals surface area (Å²) >= 11 is 6.21. The molecule has 0 amide bonds. The van der Waals surface area contributed by atoms with E-state index in [2.05, 4.69) is 15.3 Å². The van der Waals surface area contributed by atoms with Crippen LogP contribution < -0.4 is 5.32 Å². The number of fused-ring (bicyclic) bond motifs is 1. The number of rotatable bonds is 6. The highest BCUT2D eigenvalue weighted by molar-refractivity contribution is 6.34. The largest absolute Gasteiger partial charge is 0.462 e. The minimum Gasteiger partial charge on any atom is -0.462 e. The topological polar surface area (TPSA) is 84.3 Å². The molecule has 2 aromatic heterocycles. The monoisotopic (exact) mass is 337 g/mol. The molecule has 0 unspecified atom stereocenters. The predicted octanol–water partition coefficient (Wildman–Crippen LogP) is 3.03. The van der Waals surface area contributed by atoms with E-state index in [4.69, 9.17) is 16.3 Å². The second-order valence-electron chi connectivity index (χ2n) is 5.44. The summed E-state index contributed by atoms with van der Waals surface area (Å²) in [7, 11) is 0. The molecule has 23 heavy (non-hydrogen) atoms. The lowest BCUT2D eigenvalue weighted by Gasteiger charge is -2.30. The molecular formula is C16H20ClN3O3. The van der Waals surface area contributed by atoms with Crippen LogP contribution in [0.3, 0.4) is 0 Å². The number of hydrogen-bond donors (Lipinski definition) is 2. The number of hydrogen-bond acceptors (Lipinski definition) is 6. The van der Waals surface area contributed by atoms with E-state index in [1.54, 1.807) is 25.3 Å². The molecule has 7 heteroatoms. The number of ether oxygens (including phenoxy) is 1. The quantitative estimate of drug-likeness (QED) is 0.622. The van der Waals surface area contributed by atoms with E-state index < -0.39 is 11.5 Å². The Kier molecular flexibility index (Phi) is 5.38. The average molecular weight is 338 g/mol. The van der Waals surface area contributed by atoms with Crippen molar-refractivity contribution < 1.29 is 14.6 Å². The van der Waals surface area contributed by atoms with E-state index in [0.717, 1.165) is 0 Å². The number of carbonyl (C=O) groups excluding carboxylic acids is 1. The Morgan fingerprint density at radius 2 is 2.22 bits per heavy atom. The summed E-state index contributed by atoms with van der Waals surface area (Å²) in [5, 5.41) is 12.9. The Balaban J connectivity index is 2.70. The fourth-order valence-corrected chi connectivity index (χ4v) is 2.38. The fourth-order valence-electron chi connectivity index (χ4n) is 2.12. The molecule has 2 N–H and O–H groups in total. The van der Waals surface area contributed by atoms with Gasteiger partial charge < -0.3 is 15.2 Å². The number of aliphatic hydroxyl groups is 1. The summed E-state index contributed by atoms with van der Waals surface area (Å²) in [6.07, 6.45) is 2.25. The number of esters is 1. The van der Waals surface area contributed by atoms with Crippen LogP contribution in [-0.2, 0) is 4.74 Å². The van der Waals surface area contributed by atoms with Crippen molar-refractivity contribution in [2.75, 3.05) is 18.5 Å². The van der Waals surface area contributed by atoms with Crippen LogP contribution in [0.2, 0.25) is 5.15 Å². The summed E-state index contributed by atoms with van der Waals surface area (Å²) < 4.78 is 5.09. The lowest BCUT2D eigenvalue weighted by Crippen LogP contribution is -2.38. The standard InChI is InChI=1S/C16H20ClN3O3/c1-4-16(3,9-21)20-13-11(15(22)23-5-2)14(17)19-10-7-6-8-18-12(10)13/h6-8,21H,4-5,9H2,1-3H3,(H,19,20)/t16-/m1/s1. The van der Waals surface area contributed by atoms with E-state index in [1.807, 2.05) is 13.8 Å². The number of aromatic nitrogens is 2. The number of halogens is 1. The second kappa shape index (κ2) is 7.10. The molecule has 0 saturated heterocycles. The van der Waals surface area contributed by atoms with Crippen molar-refractivity contribution in [2.24, 2.45) is 0 Å². The summed E-state index contributed by atoms with van der Waals surface area (Å²) in [4.78, 5) is 20.8. The van der Waals surface area contributed by atoms with Crippen LogP contribution in [0.15, 0.2) is 18.3 Å². The zero-order chi connectivity index (χ0) is 17.0. The molecule has 0 aromatic carbocycles. The zero-order valence-electron chi connectivity index (χ0n) is 13.4. The van der Waals surface area contributed by atoms with Gasteiger partial charge in [-0.05, 0) is 32.4 Å². The van der Waals surface area contributed by atoms with Crippen molar-refractivity contribution >= 4 is 34.3 Å². The van der Waals surface area contributed by atoms with Gasteiger partial charge in [0.05, 0.1) is 30.0 Å². The van der Waals surface area contributed by atoms with Crippen molar-refractivity contribution in [3.63, 3.8) is 0 Å². The van der Waals surface area contributed by atoms with Crippen LogP contribution in [0.4, 0.5) is 5.69 Å². The van der Waals surface area contributed by atoms with Gasteiger partial charge >= 0.3 is 5.97 Å². The average Bonchev–Trinajstić information content (AvgIpc) is 2.54. The number of carbonyl (C=O) groups is 1. The summed E-state index contributed by atoms with van der Waals surface area (Å²) in [5.74, 6) is -0.573. The molecular weight excluding hydrogens is 318 g/mol. The van der Waals surface area contributed by atoms with E-state index in [-0.39, 0.29) is 23.9 Å². The molecule has 1 atom stereocenters. The van der Waals surface area contributed by atoms with Crippen LogP contribution in [0.5, 0.6) is 0 Å². The number of aliphatic hydroxyl groups excluding tert-OH is 1. The first-order valence-electron chi connectivity index (χ1n) is 7.46. The molecule has 0 radical (unpaired) electrons. The van der Waals surface area contributed by atoms with Gasteiger partial charge in [0.15, 0.2) is 0 Å². The maximum Gasteiger partial charge on any atom is 0.343 e. The van der Waals surface area contributed by atoms with Gasteiger partial charge in [0, 0.05) is 6.20 Å². The Bertz CT molecular complexity index is 717. The van der Waals surface area contributed by atoms with Crippen LogP contribution in [0, 0.1) is 0 Å². The van der Waals surface area contributed by atoms with E-state index in [1.165, 1.54) is 0 Å². The summed E-state index contributed by atoms with van der Waals surface area (Å²) in [6, 6.07) is 3.50. The summed E-state index contributed by atoms with van der Waals surface area (Å²) in [6.45, 7) is 5.62. The zero-order valence-corrected chi connectivity index (χ0v) is 14.1. The highest BCUT2D eigenvalue weighted by Gasteiger charge is 2.28. The lowest BCUT2D eigenvalue weighted by molar-refractivity contribution is 0.0527. The van der Waals surface area contributed by atoms with E-state index >= 15 is 0 Å². The van der Waals surface area contributed by atoms with Crippen LogP contribution in [0.1, 0.15) is 37.6 Å². The molecule has 0 fully saturated rings. The molecule has 0 aliphatic carbocycles. The predicted molar refractivity (Wildman–Crippen MR) is 89.9 cm³/mol. The fraction of sp³-hybridized carbons (Fsp3) is 0.438. The van der Waals surface area contributed by atoms with Crippen molar-refractivity contribution in [3.05, 3.63) is 29.0 Å². The first-order chi connectivity index (χ1) is 11.0. The third-order valence-electron chi connectivity index (χ3n) is 3.73. The van der Waals surface area contributed by atoms with Crippen LogP contribution in [0.25, 0.3) is 11.0 Å². The lowest BCUT2D eigenvalue weighted by atomic mass is 9.98. The SMILES string of the molecule is CCOC(=O)c1c(Cl)nc2cccnc2c1N[C@](C)(CC)CO. The van der Waals surface area contributed by atoms with Gasteiger partial charge in [-0.2, -0.15) is 0 Å². The van der Waals surface area contributed by atoms with Gasteiger partial charge in [-0.1, -0.05) is 18.5 Å². The Labute approximate surface area is 139 Å². The Morgan fingerprint density at radius 3 is 2.83 bits per heavy atom. The number of pyridine rings is 2. The van der Waals surface area contributed by atoms with E-state index in [9.17, 15) is 9.90 Å². The maximum absolute atomic E-state index is 12.3. The molecule has 124 valence electrons. The van der Waals surface area contributed by atoms with Gasteiger partial charge in [-0.25, -0.2) is 9.78 Å². The minimum atomic E-state index is -0.629. The normalized spacial score (nSPS) is 13.6. The molecule has 2 aromatic rings. The number of nitrogens with zero attached hydrogens (tertiary/aromatic N) is 2. The molecule has 0 saturated carbocycles. The second-order valence-corrected chi connectivity index (χ2v) is 5.80. The molecule has 6 nitrogen and oxygen atoms in total. The van der Waals surface area contributed by atoms with Gasteiger partial charge in [0.1, 0.15) is 16.2 Å². The highest BCUT2D eigenvalue weighted by atomic mass is 35.5. The third kappa shape index (κ3) is 3.54. The maximum atomic E-state index is 12.3. The Morgan fingerprint density at radius 1 is 1.48 bits per heavy atom. The van der Waals surface area contributed by atoms with Crippen molar-refractivity contribution in [1.82, 2.24) is 9.97 Å². The third-order valence-corrected chi connectivity index (χ3v) is 4.01. The van der Waals surface area contributed by atoms with Crippen molar-refractivity contribution in [2.45, 2.75) is 32.7 Å². The first-order valence-corrected chi connectivity index (χ1v) is 7.84. The first kappa shape index (κ1) is 17.4. The van der Waals surface area contributed by atoms with Gasteiger partial charge in [-0.3, -0.25) is 4.98 Å². The molecule has 2 rings (SSSR count). The summed E-state index contributed by atoms with van der Waals surface area (Å²) in [5.41, 5.74) is 0.999. The number of anilines is 1. The van der Waals surface area contributed by atoms with Crippen molar-refractivity contribution in [1.29, 1.82) is 0 Å². The highest BCUT2D eigenvalue weighted by Crippen LogP contribution is 2.33. The van der Waals surface area contributed by atoms with Crippen LogP contribution in [-0.4, -0.2) is 39.8 Å². The molecule has 2 heterocycles. The molecule has 0 bridgehead atoms. The van der Waals surface area contributed by atoms with Gasteiger partial charge in [0.25, 0.3) is 0 Å². The van der Waals surface area contributed by atoms with Crippen LogP contribution >= 0.6 is 11.6 Å². The van der Waals surface area contributed by atoms with Gasteiger partial charge in [-0.15, -0.1) is 0 Å². The van der Waals surface area contributed by atoms with Gasteiger partial charge in [0.2, 0.25) is 0 Å². The van der Waals surface area contributed by atoms with Crippen molar-refractivity contribution in [3.8, 4) is 0 Å². The van der Waals surface area contributed by atoms with E-state index in [0.29, 0.717) is 23.1 Å². The molecule has 0 aliphatic heterocycles. The Hall–Kier alpha value is -1.92.